The van der Waals surface area contributed by atoms with Crippen molar-refractivity contribution >= 4 is 26.0 Å². The van der Waals surface area contributed by atoms with Gasteiger partial charge >= 0.3 is 15.3 Å². The SMILES string of the molecule is CC1OC(=O)N(S(=O)(=O)Cl)C(C)O1. The van der Waals surface area contributed by atoms with Crippen molar-refractivity contribution in [1.82, 2.24) is 4.31 Å². The second kappa shape index (κ2) is 3.32. The lowest BCUT2D eigenvalue weighted by atomic mass is 10.6. The number of cyclic esters (lactones) is 1. The Bertz CT molecular complexity index is 315. The summed E-state index contributed by atoms with van der Waals surface area (Å²) in [6.45, 7) is 2.86. The molecular weight excluding hydrogens is 222 g/mol. The molecule has 1 amide bonds. The number of carbonyl (C=O) groups is 1. The Hall–Kier alpha value is -0.530. The highest BCUT2D eigenvalue weighted by molar-refractivity contribution is 8.12. The van der Waals surface area contributed by atoms with Gasteiger partial charge in [0.05, 0.1) is 0 Å². The summed E-state index contributed by atoms with van der Waals surface area (Å²) in [7, 11) is 0.825. The molecule has 1 rings (SSSR count). The summed E-state index contributed by atoms with van der Waals surface area (Å²) in [6, 6.07) is 0. The van der Waals surface area contributed by atoms with E-state index in [9.17, 15) is 13.2 Å². The summed E-state index contributed by atoms with van der Waals surface area (Å²) in [5, 5.41) is 0. The molecule has 1 aliphatic heterocycles. The maximum Gasteiger partial charge on any atom is 0.429 e. The number of halogens is 1. The minimum Gasteiger partial charge on any atom is -0.419 e. The fourth-order valence-corrected chi connectivity index (χ4v) is 2.10. The molecule has 1 aliphatic rings. The molecular formula is C5H8ClNO5S. The second-order valence-corrected chi connectivity index (χ2v) is 4.81. The molecule has 76 valence electrons. The minimum atomic E-state index is -4.14. The molecule has 8 heteroatoms. The van der Waals surface area contributed by atoms with Crippen molar-refractivity contribution in [2.75, 3.05) is 0 Å². The van der Waals surface area contributed by atoms with Gasteiger partial charge in [0.1, 0.15) is 0 Å². The Kier molecular flexibility index (Phi) is 2.69. The van der Waals surface area contributed by atoms with Crippen LogP contribution in [-0.4, -0.2) is 31.3 Å². The fraction of sp³-hybridized carbons (Fsp3) is 0.800. The van der Waals surface area contributed by atoms with E-state index in [1.54, 1.807) is 0 Å². The molecule has 6 nitrogen and oxygen atoms in total. The number of nitrogens with zero attached hydrogens (tertiary/aromatic N) is 1. The molecule has 1 saturated heterocycles. The van der Waals surface area contributed by atoms with E-state index in [4.69, 9.17) is 15.4 Å². The topological polar surface area (TPSA) is 72.9 Å². The molecule has 1 fully saturated rings. The second-order valence-electron chi connectivity index (χ2n) is 2.42. The maximum atomic E-state index is 11.0. The van der Waals surface area contributed by atoms with Gasteiger partial charge in [0.2, 0.25) is 6.29 Å². The third-order valence-corrected chi connectivity index (χ3v) is 2.76. The molecule has 2 atom stereocenters. The molecule has 0 spiro atoms. The van der Waals surface area contributed by atoms with Crippen LogP contribution in [0, 0.1) is 0 Å². The molecule has 0 aromatic heterocycles. The predicted octanol–water partition coefficient (Wildman–Crippen LogP) is 0.631. The summed E-state index contributed by atoms with van der Waals surface area (Å²) >= 11 is 0. The number of amides is 1. The minimum absolute atomic E-state index is 0.328. The van der Waals surface area contributed by atoms with E-state index in [1.807, 2.05) is 0 Å². The average molecular weight is 230 g/mol. The van der Waals surface area contributed by atoms with Crippen LogP contribution in [0.3, 0.4) is 0 Å². The van der Waals surface area contributed by atoms with Crippen molar-refractivity contribution in [1.29, 1.82) is 0 Å². The first kappa shape index (κ1) is 10.6. The lowest BCUT2D eigenvalue weighted by molar-refractivity contribution is -0.184. The van der Waals surface area contributed by atoms with Crippen molar-refractivity contribution in [3.05, 3.63) is 0 Å². The monoisotopic (exact) mass is 229 g/mol. The van der Waals surface area contributed by atoms with Crippen LogP contribution in [0.1, 0.15) is 13.8 Å². The van der Waals surface area contributed by atoms with E-state index in [1.165, 1.54) is 13.8 Å². The molecule has 0 saturated carbocycles. The van der Waals surface area contributed by atoms with E-state index in [-0.39, 0.29) is 0 Å². The molecule has 0 radical (unpaired) electrons. The zero-order valence-corrected chi connectivity index (χ0v) is 8.50. The first-order valence-electron chi connectivity index (χ1n) is 3.42. The Morgan fingerprint density at radius 1 is 1.46 bits per heavy atom. The zero-order valence-electron chi connectivity index (χ0n) is 6.93. The van der Waals surface area contributed by atoms with Crippen molar-refractivity contribution in [2.45, 2.75) is 26.4 Å². The highest BCUT2D eigenvalue weighted by Crippen LogP contribution is 2.20. The van der Waals surface area contributed by atoms with Gasteiger partial charge in [-0.3, -0.25) is 0 Å². The Balaban J connectivity index is 2.92. The van der Waals surface area contributed by atoms with Gasteiger partial charge in [-0.1, -0.05) is 0 Å². The quantitative estimate of drug-likeness (QED) is 0.617. The summed E-state index contributed by atoms with van der Waals surface area (Å²) in [6.07, 6.45) is -2.74. The highest BCUT2D eigenvalue weighted by atomic mass is 35.7. The van der Waals surface area contributed by atoms with E-state index in [0.29, 0.717) is 4.31 Å². The van der Waals surface area contributed by atoms with Crippen LogP contribution in [0.5, 0.6) is 0 Å². The maximum absolute atomic E-state index is 11.0. The van der Waals surface area contributed by atoms with Crippen LogP contribution in [-0.2, 0) is 18.7 Å². The Labute approximate surface area is 79.9 Å². The molecule has 0 aromatic rings. The third-order valence-electron chi connectivity index (χ3n) is 1.40. The van der Waals surface area contributed by atoms with Gasteiger partial charge in [-0.25, -0.2) is 4.79 Å². The lowest BCUT2D eigenvalue weighted by Crippen LogP contribution is -2.49. The molecule has 13 heavy (non-hydrogen) atoms. The van der Waals surface area contributed by atoms with E-state index >= 15 is 0 Å². The highest BCUT2D eigenvalue weighted by Gasteiger charge is 2.38. The molecule has 0 N–H and O–H groups in total. The van der Waals surface area contributed by atoms with E-state index in [0.717, 1.165) is 0 Å². The first-order chi connectivity index (χ1) is 5.82. The number of rotatable bonds is 1. The number of hydrogen-bond acceptors (Lipinski definition) is 5. The number of hydrogen-bond donors (Lipinski definition) is 0. The van der Waals surface area contributed by atoms with Crippen LogP contribution in [0.15, 0.2) is 0 Å². The van der Waals surface area contributed by atoms with Crippen LogP contribution < -0.4 is 0 Å². The van der Waals surface area contributed by atoms with Gasteiger partial charge in [-0.05, 0) is 13.8 Å². The van der Waals surface area contributed by atoms with E-state index < -0.39 is 27.8 Å². The third kappa shape index (κ3) is 2.23. The fourth-order valence-electron chi connectivity index (χ4n) is 0.969. The smallest absolute Gasteiger partial charge is 0.419 e. The van der Waals surface area contributed by atoms with Gasteiger partial charge in [-0.15, -0.1) is 0 Å². The Morgan fingerprint density at radius 2 is 2.00 bits per heavy atom. The predicted molar refractivity (Wildman–Crippen MR) is 43.1 cm³/mol. The van der Waals surface area contributed by atoms with Gasteiger partial charge in [0, 0.05) is 10.7 Å². The normalized spacial score (nSPS) is 30.1. The molecule has 0 aliphatic carbocycles. The van der Waals surface area contributed by atoms with Crippen molar-refractivity contribution in [3.63, 3.8) is 0 Å². The van der Waals surface area contributed by atoms with Crippen LogP contribution in [0.4, 0.5) is 4.79 Å². The van der Waals surface area contributed by atoms with Gasteiger partial charge in [0.15, 0.2) is 6.23 Å². The van der Waals surface area contributed by atoms with E-state index in [2.05, 4.69) is 4.74 Å². The first-order valence-corrected chi connectivity index (χ1v) is 5.69. The molecule has 2 unspecified atom stereocenters. The average Bonchev–Trinajstić information content (AvgIpc) is 1.78. The van der Waals surface area contributed by atoms with Crippen LogP contribution >= 0.6 is 10.7 Å². The summed E-state index contributed by atoms with van der Waals surface area (Å²) in [5.74, 6) is 0. The van der Waals surface area contributed by atoms with Gasteiger partial charge in [0.25, 0.3) is 0 Å². The zero-order chi connectivity index (χ0) is 10.2. The van der Waals surface area contributed by atoms with Gasteiger partial charge in [-0.2, -0.15) is 12.7 Å². The number of carbonyl (C=O) groups excluding carboxylic acids is 1. The van der Waals surface area contributed by atoms with Crippen molar-refractivity contribution in [2.24, 2.45) is 0 Å². The van der Waals surface area contributed by atoms with Crippen LogP contribution in [0.25, 0.3) is 0 Å². The van der Waals surface area contributed by atoms with Gasteiger partial charge < -0.3 is 9.47 Å². The summed E-state index contributed by atoms with van der Waals surface area (Å²) < 4.78 is 31.4. The van der Waals surface area contributed by atoms with Crippen molar-refractivity contribution in [3.8, 4) is 0 Å². The molecule has 1 heterocycles. The standard InChI is InChI=1S/C5H8ClNO5S/c1-3-7(13(6,9)10)5(8)12-4(2)11-3/h3-4H,1-2H3. The van der Waals surface area contributed by atoms with Crippen LogP contribution in [0.2, 0.25) is 0 Å². The molecule has 0 aromatic carbocycles. The van der Waals surface area contributed by atoms with Crippen molar-refractivity contribution < 1.29 is 22.7 Å². The Morgan fingerprint density at radius 3 is 2.38 bits per heavy atom. The largest absolute Gasteiger partial charge is 0.429 e. The number of ether oxygens (including phenoxy) is 2. The summed E-state index contributed by atoms with van der Waals surface area (Å²) in [4.78, 5) is 11.0. The lowest BCUT2D eigenvalue weighted by Gasteiger charge is -2.32. The molecule has 0 bridgehead atoms. The summed E-state index contributed by atoms with van der Waals surface area (Å²) in [5.41, 5.74) is 0.